The first-order valence-corrected chi connectivity index (χ1v) is 9.60. The van der Waals surface area contributed by atoms with Crippen LogP contribution in [0.2, 0.25) is 5.02 Å². The van der Waals surface area contributed by atoms with Crippen LogP contribution in [-0.2, 0) is 0 Å². The molecular formula is C17H13ClN2OS2. The second-order valence-electron chi connectivity index (χ2n) is 5.32. The predicted octanol–water partition coefficient (Wildman–Crippen LogP) is 4.49. The summed E-state index contributed by atoms with van der Waals surface area (Å²) in [5.74, 6) is 1.74. The number of thioether (sulfide) groups is 2. The number of para-hydroxylation sites is 1. The molecule has 4 rings (SSSR count). The minimum absolute atomic E-state index is 0.0670. The number of hydrogen-bond acceptors (Lipinski definition) is 4. The van der Waals surface area contributed by atoms with E-state index in [1.54, 1.807) is 23.5 Å². The number of aromatic nitrogens is 2. The molecule has 0 radical (unpaired) electrons. The lowest BCUT2D eigenvalue weighted by atomic mass is 10.2. The van der Waals surface area contributed by atoms with Crippen LogP contribution in [0.25, 0.3) is 10.9 Å². The molecule has 3 aromatic rings. The van der Waals surface area contributed by atoms with E-state index in [0.717, 1.165) is 32.1 Å². The van der Waals surface area contributed by atoms with E-state index in [2.05, 4.69) is 4.98 Å². The molecule has 6 heteroatoms. The Morgan fingerprint density at radius 3 is 2.83 bits per heavy atom. The highest BCUT2D eigenvalue weighted by Crippen LogP contribution is 2.34. The Morgan fingerprint density at radius 2 is 2.00 bits per heavy atom. The average molecular weight is 361 g/mol. The third kappa shape index (κ3) is 2.89. The second kappa shape index (κ2) is 6.23. The van der Waals surface area contributed by atoms with Gasteiger partial charge in [0.25, 0.3) is 5.56 Å². The molecule has 0 amide bonds. The van der Waals surface area contributed by atoms with Crippen molar-refractivity contribution in [3.63, 3.8) is 0 Å². The highest BCUT2D eigenvalue weighted by molar-refractivity contribution is 8.00. The standard InChI is InChI=1S/C17H13ClN2OS2/c18-11-5-7-13(8-6-11)22-9-12-10-23-17-19-15-4-2-1-3-14(15)16(21)20(12)17/h1-8,12H,9-10H2/t12-/m1/s1. The number of nitrogens with zero attached hydrogens (tertiary/aromatic N) is 2. The van der Waals surface area contributed by atoms with Crippen molar-refractivity contribution >= 4 is 46.0 Å². The fourth-order valence-electron chi connectivity index (χ4n) is 2.64. The van der Waals surface area contributed by atoms with Crippen LogP contribution in [0.15, 0.2) is 63.4 Å². The van der Waals surface area contributed by atoms with E-state index in [-0.39, 0.29) is 11.6 Å². The molecule has 0 fully saturated rings. The molecule has 0 aliphatic carbocycles. The average Bonchev–Trinajstić information content (AvgIpc) is 2.98. The van der Waals surface area contributed by atoms with Crippen LogP contribution in [0, 0.1) is 0 Å². The molecule has 1 aliphatic rings. The van der Waals surface area contributed by atoms with E-state index in [1.165, 1.54) is 0 Å². The van der Waals surface area contributed by atoms with Gasteiger partial charge >= 0.3 is 0 Å². The van der Waals surface area contributed by atoms with Crippen LogP contribution >= 0.6 is 35.1 Å². The molecule has 0 spiro atoms. The van der Waals surface area contributed by atoms with Gasteiger partial charge in [-0.25, -0.2) is 4.98 Å². The number of benzene rings is 2. The van der Waals surface area contributed by atoms with Crippen LogP contribution in [-0.4, -0.2) is 21.1 Å². The third-order valence-corrected chi connectivity index (χ3v) is 6.31. The Hall–Kier alpha value is -1.43. The molecule has 0 saturated heterocycles. The van der Waals surface area contributed by atoms with Gasteiger partial charge in [0.15, 0.2) is 5.16 Å². The first-order valence-electron chi connectivity index (χ1n) is 7.25. The topological polar surface area (TPSA) is 34.9 Å². The maximum absolute atomic E-state index is 12.8. The summed E-state index contributed by atoms with van der Waals surface area (Å²) in [5.41, 5.74) is 0.847. The molecule has 116 valence electrons. The van der Waals surface area contributed by atoms with E-state index >= 15 is 0 Å². The van der Waals surface area contributed by atoms with Crippen molar-refractivity contribution < 1.29 is 0 Å². The van der Waals surface area contributed by atoms with Gasteiger partial charge in [0.1, 0.15) is 0 Å². The summed E-state index contributed by atoms with van der Waals surface area (Å²) >= 11 is 9.32. The Balaban J connectivity index is 1.63. The van der Waals surface area contributed by atoms with Gasteiger partial charge in [0.2, 0.25) is 0 Å². The van der Waals surface area contributed by atoms with Gasteiger partial charge in [-0.3, -0.25) is 9.36 Å². The largest absolute Gasteiger partial charge is 0.282 e. The molecule has 0 unspecified atom stereocenters. The molecule has 1 aliphatic heterocycles. The zero-order valence-corrected chi connectivity index (χ0v) is 14.5. The number of hydrogen-bond donors (Lipinski definition) is 0. The van der Waals surface area contributed by atoms with Crippen LogP contribution in [0.1, 0.15) is 6.04 Å². The maximum atomic E-state index is 12.8. The SMILES string of the molecule is O=c1c2ccccc2nc2n1[C@H](CSc1ccc(Cl)cc1)CS2. The van der Waals surface area contributed by atoms with Gasteiger partial charge in [0, 0.05) is 21.4 Å². The fraction of sp³-hybridized carbons (Fsp3) is 0.176. The first-order chi connectivity index (χ1) is 11.2. The molecule has 2 heterocycles. The van der Waals surface area contributed by atoms with E-state index in [4.69, 9.17) is 11.6 Å². The van der Waals surface area contributed by atoms with Crippen molar-refractivity contribution in [1.82, 2.24) is 9.55 Å². The van der Waals surface area contributed by atoms with Crippen LogP contribution in [0.3, 0.4) is 0 Å². The second-order valence-corrected chi connectivity index (χ2v) is 7.83. The van der Waals surface area contributed by atoms with Crippen molar-refractivity contribution in [1.29, 1.82) is 0 Å². The van der Waals surface area contributed by atoms with Gasteiger partial charge < -0.3 is 0 Å². The smallest absolute Gasteiger partial charge is 0.262 e. The highest BCUT2D eigenvalue weighted by atomic mass is 35.5. The summed E-state index contributed by atoms with van der Waals surface area (Å²) in [6.45, 7) is 0. The zero-order valence-electron chi connectivity index (χ0n) is 12.1. The summed E-state index contributed by atoms with van der Waals surface area (Å²) in [5, 5.41) is 2.26. The third-order valence-electron chi connectivity index (χ3n) is 3.80. The predicted molar refractivity (Wildman–Crippen MR) is 97.9 cm³/mol. The van der Waals surface area contributed by atoms with Crippen molar-refractivity contribution in [2.24, 2.45) is 0 Å². The van der Waals surface area contributed by atoms with Crippen LogP contribution in [0.4, 0.5) is 0 Å². The van der Waals surface area contributed by atoms with Gasteiger partial charge in [-0.1, -0.05) is 35.5 Å². The molecule has 0 N–H and O–H groups in total. The van der Waals surface area contributed by atoms with E-state index in [9.17, 15) is 4.79 Å². The molecular weight excluding hydrogens is 348 g/mol. The quantitative estimate of drug-likeness (QED) is 0.509. The van der Waals surface area contributed by atoms with Gasteiger partial charge in [0.05, 0.1) is 16.9 Å². The number of halogens is 1. The number of rotatable bonds is 3. The van der Waals surface area contributed by atoms with Gasteiger partial charge in [-0.05, 0) is 36.4 Å². The number of fused-ring (bicyclic) bond motifs is 2. The van der Waals surface area contributed by atoms with Crippen molar-refractivity contribution in [2.45, 2.75) is 16.1 Å². The van der Waals surface area contributed by atoms with Gasteiger partial charge in [-0.15, -0.1) is 11.8 Å². The van der Waals surface area contributed by atoms with Crippen LogP contribution in [0.5, 0.6) is 0 Å². The zero-order chi connectivity index (χ0) is 15.8. The Morgan fingerprint density at radius 1 is 1.22 bits per heavy atom. The van der Waals surface area contributed by atoms with Crippen molar-refractivity contribution in [3.8, 4) is 0 Å². The lowest BCUT2D eigenvalue weighted by Crippen LogP contribution is -2.25. The van der Waals surface area contributed by atoms with E-state index in [0.29, 0.717) is 5.39 Å². The summed E-state index contributed by atoms with van der Waals surface area (Å²) in [6, 6.07) is 15.5. The maximum Gasteiger partial charge on any atom is 0.262 e. The lowest BCUT2D eigenvalue weighted by molar-refractivity contribution is 0.558. The highest BCUT2D eigenvalue weighted by Gasteiger charge is 2.26. The minimum atomic E-state index is 0.0670. The summed E-state index contributed by atoms with van der Waals surface area (Å²) in [4.78, 5) is 18.6. The van der Waals surface area contributed by atoms with E-state index < -0.39 is 0 Å². The summed E-state index contributed by atoms with van der Waals surface area (Å²) in [6.07, 6.45) is 0. The molecule has 2 aromatic carbocycles. The Bertz CT molecular complexity index is 924. The van der Waals surface area contributed by atoms with Gasteiger partial charge in [-0.2, -0.15) is 0 Å². The first kappa shape index (κ1) is 15.1. The molecule has 1 aromatic heterocycles. The minimum Gasteiger partial charge on any atom is -0.282 e. The summed E-state index contributed by atoms with van der Waals surface area (Å²) in [7, 11) is 0. The molecule has 1 atom stereocenters. The van der Waals surface area contributed by atoms with Crippen LogP contribution < -0.4 is 5.56 Å². The fourth-order valence-corrected chi connectivity index (χ4v) is 5.04. The Labute approximate surface area is 147 Å². The molecule has 23 heavy (non-hydrogen) atoms. The molecule has 0 bridgehead atoms. The molecule has 3 nitrogen and oxygen atoms in total. The van der Waals surface area contributed by atoms with Crippen molar-refractivity contribution in [3.05, 3.63) is 63.9 Å². The van der Waals surface area contributed by atoms with Crippen molar-refractivity contribution in [2.75, 3.05) is 11.5 Å². The Kier molecular flexibility index (Phi) is 4.09. The summed E-state index contributed by atoms with van der Waals surface area (Å²) < 4.78 is 1.86. The normalized spacial score (nSPS) is 16.7. The van der Waals surface area contributed by atoms with E-state index in [1.807, 2.05) is 53.1 Å². The lowest BCUT2D eigenvalue weighted by Gasteiger charge is -2.13. The molecule has 0 saturated carbocycles. The monoisotopic (exact) mass is 360 g/mol.